The van der Waals surface area contributed by atoms with Gasteiger partial charge in [-0.3, -0.25) is 0 Å². The van der Waals surface area contributed by atoms with E-state index in [9.17, 15) is 0 Å². The first-order valence-corrected chi connectivity index (χ1v) is 7.81. The summed E-state index contributed by atoms with van der Waals surface area (Å²) < 4.78 is 10.8. The van der Waals surface area contributed by atoms with Crippen molar-refractivity contribution in [2.75, 3.05) is 26.6 Å². The largest absolute Gasteiger partial charge is 0.493 e. The van der Waals surface area contributed by atoms with Gasteiger partial charge in [-0.1, -0.05) is 23.7 Å². The number of ether oxygens (including phenoxy) is 2. The van der Waals surface area contributed by atoms with Crippen LogP contribution in [0.3, 0.4) is 0 Å². The van der Waals surface area contributed by atoms with Crippen LogP contribution < -0.4 is 14.8 Å². The van der Waals surface area contributed by atoms with Gasteiger partial charge in [0.25, 0.3) is 0 Å². The molecular weight excluding hydrogens is 332 g/mol. The predicted molar refractivity (Wildman–Crippen MR) is 98.7 cm³/mol. The Kier molecular flexibility index (Phi) is 6.07. The summed E-state index contributed by atoms with van der Waals surface area (Å²) in [7, 11) is 5.17. The number of hydrogen-bond acceptors (Lipinski definition) is 3. The van der Waals surface area contributed by atoms with Gasteiger partial charge in [0.05, 0.1) is 14.2 Å². The molecule has 122 valence electrons. The molecule has 2 aromatic rings. The number of nitrogens with one attached hydrogen (secondary N) is 1. The van der Waals surface area contributed by atoms with Crippen LogP contribution in [0.15, 0.2) is 42.5 Å². The second-order valence-corrected chi connectivity index (χ2v) is 5.77. The Bertz CT molecular complexity index is 677. The van der Waals surface area contributed by atoms with Crippen molar-refractivity contribution in [1.82, 2.24) is 4.90 Å². The minimum absolute atomic E-state index is 0.597. The van der Waals surface area contributed by atoms with Crippen molar-refractivity contribution >= 4 is 34.6 Å². The normalized spacial score (nSPS) is 10.1. The lowest BCUT2D eigenvalue weighted by molar-refractivity contribution is 0.347. The smallest absolute Gasteiger partial charge is 0.173 e. The van der Waals surface area contributed by atoms with Crippen LogP contribution in [-0.2, 0) is 6.54 Å². The van der Waals surface area contributed by atoms with Crippen molar-refractivity contribution in [3.8, 4) is 11.5 Å². The summed E-state index contributed by atoms with van der Waals surface area (Å²) in [5.41, 5.74) is 1.89. The first-order chi connectivity index (χ1) is 11.0. The number of rotatable bonds is 5. The SMILES string of the molecule is COc1cccc(CN(C)C(=S)Nc2ccc(Cl)cc2)c1OC. The number of methoxy groups -OCH3 is 2. The highest BCUT2D eigenvalue weighted by Gasteiger charge is 2.13. The van der Waals surface area contributed by atoms with E-state index in [2.05, 4.69) is 5.32 Å². The number of anilines is 1. The Hall–Kier alpha value is -1.98. The Morgan fingerprint density at radius 1 is 1.13 bits per heavy atom. The maximum Gasteiger partial charge on any atom is 0.173 e. The summed E-state index contributed by atoms with van der Waals surface area (Å²) in [6, 6.07) is 13.2. The Balaban J connectivity index is 2.08. The molecule has 0 amide bonds. The van der Waals surface area contributed by atoms with Crippen LogP contribution in [0, 0.1) is 0 Å². The summed E-state index contributed by atoms with van der Waals surface area (Å²) in [6.07, 6.45) is 0. The molecule has 4 nitrogen and oxygen atoms in total. The molecule has 0 bridgehead atoms. The molecule has 1 N–H and O–H groups in total. The van der Waals surface area contributed by atoms with Gasteiger partial charge in [-0.2, -0.15) is 0 Å². The van der Waals surface area contributed by atoms with E-state index in [1.54, 1.807) is 14.2 Å². The van der Waals surface area contributed by atoms with E-state index in [0.717, 1.165) is 17.0 Å². The fraction of sp³-hybridized carbons (Fsp3) is 0.235. The Morgan fingerprint density at radius 2 is 1.83 bits per heavy atom. The van der Waals surface area contributed by atoms with Gasteiger partial charge in [0, 0.05) is 29.9 Å². The molecule has 0 fully saturated rings. The van der Waals surface area contributed by atoms with E-state index in [4.69, 9.17) is 33.3 Å². The molecule has 0 saturated carbocycles. The first kappa shape index (κ1) is 17.4. The highest BCUT2D eigenvalue weighted by molar-refractivity contribution is 7.80. The standard InChI is InChI=1S/C17H19ClN2O2S/c1-20(17(23)19-14-9-7-13(18)8-10-14)11-12-5-4-6-15(21-2)16(12)22-3/h4-10H,11H2,1-3H3,(H,19,23). The first-order valence-electron chi connectivity index (χ1n) is 7.02. The van der Waals surface area contributed by atoms with E-state index >= 15 is 0 Å². The van der Waals surface area contributed by atoms with Crippen LogP contribution in [0.2, 0.25) is 5.02 Å². The number of thiocarbonyl (C=S) groups is 1. The highest BCUT2D eigenvalue weighted by Crippen LogP contribution is 2.31. The highest BCUT2D eigenvalue weighted by atomic mass is 35.5. The van der Waals surface area contributed by atoms with Crippen LogP contribution in [-0.4, -0.2) is 31.3 Å². The number of halogens is 1. The molecule has 0 aliphatic heterocycles. The van der Waals surface area contributed by atoms with Crippen molar-refractivity contribution in [2.24, 2.45) is 0 Å². The molecular formula is C17H19ClN2O2S. The van der Waals surface area contributed by atoms with Crippen molar-refractivity contribution < 1.29 is 9.47 Å². The van der Waals surface area contributed by atoms with Gasteiger partial charge >= 0.3 is 0 Å². The van der Waals surface area contributed by atoms with Crippen LogP contribution in [0.25, 0.3) is 0 Å². The van der Waals surface area contributed by atoms with Gasteiger partial charge in [-0.05, 0) is 42.5 Å². The Labute approximate surface area is 147 Å². The lowest BCUT2D eigenvalue weighted by Crippen LogP contribution is -2.30. The third kappa shape index (κ3) is 4.50. The van der Waals surface area contributed by atoms with E-state index in [1.807, 2.05) is 54.4 Å². The molecule has 6 heteroatoms. The maximum absolute atomic E-state index is 5.88. The lowest BCUT2D eigenvalue weighted by atomic mass is 10.1. The van der Waals surface area contributed by atoms with Crippen molar-refractivity contribution in [2.45, 2.75) is 6.54 Å². The topological polar surface area (TPSA) is 33.7 Å². The maximum atomic E-state index is 5.88. The minimum Gasteiger partial charge on any atom is -0.493 e. The quantitative estimate of drug-likeness (QED) is 0.818. The van der Waals surface area contributed by atoms with Gasteiger partial charge in [0.2, 0.25) is 0 Å². The van der Waals surface area contributed by atoms with Crippen LogP contribution in [0.1, 0.15) is 5.56 Å². The molecule has 0 spiro atoms. The average molecular weight is 351 g/mol. The summed E-state index contributed by atoms with van der Waals surface area (Å²) in [6.45, 7) is 0.597. The number of nitrogens with zero attached hydrogens (tertiary/aromatic N) is 1. The number of para-hydroxylation sites is 1. The van der Waals surface area contributed by atoms with Gasteiger partial charge < -0.3 is 19.7 Å². The fourth-order valence-electron chi connectivity index (χ4n) is 2.16. The molecule has 0 radical (unpaired) electrons. The lowest BCUT2D eigenvalue weighted by Gasteiger charge is -2.22. The van der Waals surface area contributed by atoms with Crippen molar-refractivity contribution in [1.29, 1.82) is 0 Å². The van der Waals surface area contributed by atoms with Crippen LogP contribution in [0.5, 0.6) is 11.5 Å². The second-order valence-electron chi connectivity index (χ2n) is 4.95. The molecule has 0 heterocycles. The van der Waals surface area contributed by atoms with E-state index < -0.39 is 0 Å². The molecule has 2 rings (SSSR count). The van der Waals surface area contributed by atoms with Crippen LogP contribution in [0.4, 0.5) is 5.69 Å². The molecule has 0 atom stereocenters. The molecule has 0 aliphatic carbocycles. The van der Waals surface area contributed by atoms with Crippen molar-refractivity contribution in [3.63, 3.8) is 0 Å². The van der Waals surface area contributed by atoms with Gasteiger partial charge in [-0.25, -0.2) is 0 Å². The predicted octanol–water partition coefficient (Wildman–Crippen LogP) is 4.19. The molecule has 2 aromatic carbocycles. The van der Waals surface area contributed by atoms with E-state index in [0.29, 0.717) is 22.4 Å². The zero-order valence-corrected chi connectivity index (χ0v) is 14.9. The Morgan fingerprint density at radius 3 is 2.43 bits per heavy atom. The summed E-state index contributed by atoms with van der Waals surface area (Å²) in [5, 5.41) is 4.48. The number of hydrogen-bond donors (Lipinski definition) is 1. The third-order valence-electron chi connectivity index (χ3n) is 3.33. The monoisotopic (exact) mass is 350 g/mol. The zero-order chi connectivity index (χ0) is 16.8. The third-order valence-corrected chi connectivity index (χ3v) is 4.00. The van der Waals surface area contributed by atoms with E-state index in [1.165, 1.54) is 0 Å². The summed E-state index contributed by atoms with van der Waals surface area (Å²) >= 11 is 11.3. The van der Waals surface area contributed by atoms with Gasteiger partial charge in [0.1, 0.15) is 0 Å². The molecule has 0 unspecified atom stereocenters. The second kappa shape index (κ2) is 8.04. The molecule has 0 aliphatic rings. The molecule has 23 heavy (non-hydrogen) atoms. The molecule has 0 aromatic heterocycles. The molecule has 0 saturated heterocycles. The summed E-state index contributed by atoms with van der Waals surface area (Å²) in [4.78, 5) is 1.93. The van der Waals surface area contributed by atoms with Crippen LogP contribution >= 0.6 is 23.8 Å². The summed E-state index contributed by atoms with van der Waals surface area (Å²) in [5.74, 6) is 1.42. The zero-order valence-electron chi connectivity index (χ0n) is 13.3. The average Bonchev–Trinajstić information content (AvgIpc) is 2.56. The van der Waals surface area contributed by atoms with Gasteiger partial charge in [-0.15, -0.1) is 0 Å². The minimum atomic E-state index is 0.597. The fourth-order valence-corrected chi connectivity index (χ4v) is 2.47. The van der Waals surface area contributed by atoms with Gasteiger partial charge in [0.15, 0.2) is 16.6 Å². The van der Waals surface area contributed by atoms with E-state index in [-0.39, 0.29) is 0 Å². The van der Waals surface area contributed by atoms with Crippen molar-refractivity contribution in [3.05, 3.63) is 53.1 Å². The number of benzene rings is 2.